The first-order valence-corrected chi connectivity index (χ1v) is 7.46. The lowest BCUT2D eigenvalue weighted by Gasteiger charge is -2.31. The number of hydrogen-bond acceptors (Lipinski definition) is 3. The highest BCUT2D eigenvalue weighted by Gasteiger charge is 2.25. The van der Waals surface area contributed by atoms with Crippen molar-refractivity contribution in [2.45, 2.75) is 25.2 Å². The van der Waals surface area contributed by atoms with Gasteiger partial charge in [0.05, 0.1) is 0 Å². The van der Waals surface area contributed by atoms with Crippen LogP contribution in [0.25, 0.3) is 0 Å². The minimum Gasteiger partial charge on any atom is -0.396 e. The Morgan fingerprint density at radius 2 is 1.86 bits per heavy atom. The maximum absolute atomic E-state index is 12.8. The van der Waals surface area contributed by atoms with Gasteiger partial charge >= 0.3 is 0 Å². The molecule has 3 nitrogen and oxygen atoms in total. The van der Waals surface area contributed by atoms with E-state index in [1.165, 1.54) is 25.0 Å². The van der Waals surface area contributed by atoms with Crippen LogP contribution in [0.5, 0.6) is 0 Å². The molecular weight excluding hydrogens is 268 g/mol. The molecule has 2 heterocycles. The van der Waals surface area contributed by atoms with Crippen molar-refractivity contribution >= 4 is 8.41 Å². The molecule has 5 heteroatoms. The Balaban J connectivity index is 0.000000313. The van der Waals surface area contributed by atoms with Gasteiger partial charge in [0, 0.05) is 40.7 Å². The lowest BCUT2D eigenvalue weighted by molar-refractivity contribution is 0.179. The molecule has 0 aliphatic carbocycles. The largest absolute Gasteiger partial charge is 0.396 e. The van der Waals surface area contributed by atoms with Gasteiger partial charge in [-0.25, -0.2) is 4.39 Å². The number of aliphatic hydroxyl groups is 1. The third-order valence-electron chi connectivity index (χ3n) is 3.97. The number of hydrogen-bond donors (Lipinski definition) is 2. The first kappa shape index (κ1) is 18.1. The number of nitrogens with one attached hydrogen (secondary N) is 1. The van der Waals surface area contributed by atoms with Gasteiger partial charge in [0.15, 0.2) is 0 Å². The smallest absolute Gasteiger partial charge is 0.123 e. The molecule has 2 saturated heterocycles. The third kappa shape index (κ3) is 5.77. The summed E-state index contributed by atoms with van der Waals surface area (Å²) in [7, 11) is 0. The van der Waals surface area contributed by atoms with Gasteiger partial charge in [0.1, 0.15) is 5.82 Å². The van der Waals surface area contributed by atoms with Crippen molar-refractivity contribution in [3.05, 3.63) is 35.6 Å². The zero-order valence-corrected chi connectivity index (χ0v) is 12.4. The molecule has 1 aromatic rings. The van der Waals surface area contributed by atoms with Gasteiger partial charge in [0.25, 0.3) is 0 Å². The van der Waals surface area contributed by atoms with Gasteiger partial charge in [-0.1, -0.05) is 12.1 Å². The molecular formula is C16H24BFNO2. The summed E-state index contributed by atoms with van der Waals surface area (Å²) in [6, 6.07) is 6.64. The van der Waals surface area contributed by atoms with Crippen molar-refractivity contribution in [2.75, 3.05) is 32.9 Å². The highest BCUT2D eigenvalue weighted by Crippen LogP contribution is 2.29. The molecule has 0 amide bonds. The average Bonchev–Trinajstić information content (AvgIpc) is 3.07. The summed E-state index contributed by atoms with van der Waals surface area (Å²) in [4.78, 5) is 0. The molecule has 2 fully saturated rings. The van der Waals surface area contributed by atoms with Crippen molar-refractivity contribution in [1.82, 2.24) is 5.32 Å². The van der Waals surface area contributed by atoms with Crippen LogP contribution in [0.3, 0.4) is 0 Å². The van der Waals surface area contributed by atoms with Crippen LogP contribution < -0.4 is 5.32 Å². The second kappa shape index (κ2) is 9.93. The average molecular weight is 292 g/mol. The summed E-state index contributed by atoms with van der Waals surface area (Å²) in [5.41, 5.74) is 1.14. The van der Waals surface area contributed by atoms with E-state index in [2.05, 4.69) is 5.32 Å². The fraction of sp³-hybridized carbons (Fsp3) is 0.625. The summed E-state index contributed by atoms with van der Waals surface area (Å²) in [5, 5.41) is 12.5. The second-order valence-electron chi connectivity index (χ2n) is 5.41. The van der Waals surface area contributed by atoms with Gasteiger partial charge in [-0.3, -0.25) is 0 Å². The van der Waals surface area contributed by atoms with Crippen LogP contribution in [0.1, 0.15) is 30.7 Å². The first-order valence-electron chi connectivity index (χ1n) is 7.46. The predicted molar refractivity (Wildman–Crippen MR) is 83.0 cm³/mol. The fourth-order valence-electron chi connectivity index (χ4n) is 2.77. The predicted octanol–water partition coefficient (Wildman–Crippen LogP) is 1.93. The van der Waals surface area contributed by atoms with Gasteiger partial charge in [-0.15, -0.1) is 0 Å². The Labute approximate surface area is 128 Å². The minimum atomic E-state index is -0.201. The van der Waals surface area contributed by atoms with Gasteiger partial charge < -0.3 is 15.2 Å². The van der Waals surface area contributed by atoms with Crippen molar-refractivity contribution in [3.63, 3.8) is 0 Å². The molecule has 2 atom stereocenters. The van der Waals surface area contributed by atoms with Crippen LogP contribution in [-0.4, -0.2) is 46.4 Å². The van der Waals surface area contributed by atoms with Crippen LogP contribution in [0.2, 0.25) is 0 Å². The zero-order valence-electron chi connectivity index (χ0n) is 12.4. The van der Waals surface area contributed by atoms with Gasteiger partial charge in [0.2, 0.25) is 0 Å². The summed E-state index contributed by atoms with van der Waals surface area (Å²) in [6.07, 6.45) is 3.57. The van der Waals surface area contributed by atoms with E-state index < -0.39 is 0 Å². The highest BCUT2D eigenvalue weighted by molar-refractivity contribution is 5.75. The maximum atomic E-state index is 12.8. The normalized spacial score (nSPS) is 24.7. The zero-order chi connectivity index (χ0) is 14.2. The molecule has 21 heavy (non-hydrogen) atoms. The molecule has 0 aromatic heterocycles. The minimum absolute atomic E-state index is 0. The van der Waals surface area contributed by atoms with E-state index >= 15 is 0 Å². The molecule has 0 saturated carbocycles. The molecule has 2 unspecified atom stereocenters. The Kier molecular flexibility index (Phi) is 8.58. The Hall–Kier alpha value is -0.905. The number of rotatable bonds is 2. The van der Waals surface area contributed by atoms with Crippen molar-refractivity contribution < 1.29 is 14.2 Å². The molecule has 0 spiro atoms. The molecule has 3 rings (SSSR count). The monoisotopic (exact) mass is 292 g/mol. The van der Waals surface area contributed by atoms with Crippen LogP contribution >= 0.6 is 0 Å². The fourth-order valence-corrected chi connectivity index (χ4v) is 2.77. The van der Waals surface area contributed by atoms with E-state index in [4.69, 9.17) is 4.74 Å². The summed E-state index contributed by atoms with van der Waals surface area (Å²) in [6.45, 7) is 4.01. The number of benzene rings is 1. The number of ether oxygens (including phenoxy) is 1. The SMILES string of the molecule is C1CCOC1.OCC1CNCCC1c1ccc(F)cc1.[B]. The van der Waals surface area contributed by atoms with Crippen LogP contribution in [0.15, 0.2) is 24.3 Å². The van der Waals surface area contributed by atoms with E-state index in [9.17, 15) is 9.50 Å². The van der Waals surface area contributed by atoms with E-state index in [1.54, 1.807) is 0 Å². The van der Waals surface area contributed by atoms with Gasteiger partial charge in [-0.05, 0) is 49.4 Å². The lowest BCUT2D eigenvalue weighted by Crippen LogP contribution is -2.37. The van der Waals surface area contributed by atoms with Crippen molar-refractivity contribution in [1.29, 1.82) is 0 Å². The van der Waals surface area contributed by atoms with Crippen molar-refractivity contribution in [3.8, 4) is 0 Å². The Morgan fingerprint density at radius 3 is 2.38 bits per heavy atom. The Bertz CT molecular complexity index is 377. The molecule has 1 aromatic carbocycles. The summed E-state index contributed by atoms with van der Waals surface area (Å²) in [5.74, 6) is 0.411. The van der Waals surface area contributed by atoms with Crippen LogP contribution in [0.4, 0.5) is 4.39 Å². The van der Waals surface area contributed by atoms with Crippen LogP contribution in [0, 0.1) is 11.7 Å². The molecule has 2 N–H and O–H groups in total. The highest BCUT2D eigenvalue weighted by atomic mass is 19.1. The number of aliphatic hydroxyl groups excluding tert-OH is 1. The van der Waals surface area contributed by atoms with E-state index in [0.717, 1.165) is 38.3 Å². The standard InChI is InChI=1S/C12H16FNO.C4H8O.B/c13-11-3-1-9(2-4-11)12-5-6-14-7-10(12)8-15;1-2-4-5-3-1;/h1-4,10,12,14-15H,5-8H2;1-4H2;. The Morgan fingerprint density at radius 1 is 1.19 bits per heavy atom. The lowest BCUT2D eigenvalue weighted by atomic mass is 9.82. The molecule has 0 bridgehead atoms. The second-order valence-corrected chi connectivity index (χ2v) is 5.41. The van der Waals surface area contributed by atoms with Crippen molar-refractivity contribution in [2.24, 2.45) is 5.92 Å². The van der Waals surface area contributed by atoms with Gasteiger partial charge in [-0.2, -0.15) is 0 Å². The number of piperidine rings is 1. The first-order chi connectivity index (χ1) is 9.81. The molecule has 2 aliphatic rings. The summed E-state index contributed by atoms with van der Waals surface area (Å²) < 4.78 is 17.7. The third-order valence-corrected chi connectivity index (χ3v) is 3.97. The molecule has 3 radical (unpaired) electrons. The molecule has 2 aliphatic heterocycles. The topological polar surface area (TPSA) is 41.5 Å². The summed E-state index contributed by atoms with van der Waals surface area (Å²) >= 11 is 0. The van der Waals surface area contributed by atoms with E-state index in [0.29, 0.717) is 5.92 Å². The van der Waals surface area contributed by atoms with E-state index in [-0.39, 0.29) is 26.8 Å². The maximum Gasteiger partial charge on any atom is 0.123 e. The molecule has 115 valence electrons. The number of halogens is 1. The quantitative estimate of drug-likeness (QED) is 0.818. The van der Waals surface area contributed by atoms with Crippen LogP contribution in [-0.2, 0) is 4.74 Å². The van der Waals surface area contributed by atoms with E-state index in [1.807, 2.05) is 12.1 Å².